The van der Waals surface area contributed by atoms with Crippen molar-refractivity contribution >= 4 is 5.78 Å². The number of benzene rings is 1. The average molecular weight is 268 g/mol. The van der Waals surface area contributed by atoms with Crippen molar-refractivity contribution < 1.29 is 18.3 Å². The molecule has 0 N–H and O–H groups in total. The molecule has 2 rings (SSSR count). The minimum absolute atomic E-state index is 0.0356. The van der Waals surface area contributed by atoms with Crippen LogP contribution in [0.5, 0.6) is 5.75 Å². The van der Waals surface area contributed by atoms with Crippen LogP contribution < -0.4 is 4.74 Å². The summed E-state index contributed by atoms with van der Waals surface area (Å²) >= 11 is 0. The maximum Gasteiger partial charge on any atom is 0.248 e. The first-order valence-electron chi connectivity index (χ1n) is 6.62. The number of ketones is 1. The highest BCUT2D eigenvalue weighted by molar-refractivity contribution is 5.80. The van der Waals surface area contributed by atoms with E-state index in [4.69, 9.17) is 4.74 Å². The fourth-order valence-corrected chi connectivity index (χ4v) is 2.51. The third-order valence-electron chi connectivity index (χ3n) is 3.40. The first-order valence-corrected chi connectivity index (χ1v) is 6.62. The molecule has 0 spiro atoms. The molecule has 19 heavy (non-hydrogen) atoms. The number of carbonyl (C=O) groups is 1. The van der Waals surface area contributed by atoms with Crippen LogP contribution in [0.4, 0.5) is 8.78 Å². The summed E-state index contributed by atoms with van der Waals surface area (Å²) in [6, 6.07) is 9.03. The Labute approximate surface area is 111 Å². The van der Waals surface area contributed by atoms with Crippen LogP contribution in [0, 0.1) is 5.92 Å². The van der Waals surface area contributed by atoms with Gasteiger partial charge in [-0.3, -0.25) is 4.79 Å². The van der Waals surface area contributed by atoms with Crippen LogP contribution >= 0.6 is 0 Å². The van der Waals surface area contributed by atoms with E-state index >= 15 is 0 Å². The molecule has 1 fully saturated rings. The number of alkyl halides is 2. The molecule has 2 nitrogen and oxygen atoms in total. The number of hydrogen-bond acceptors (Lipinski definition) is 2. The fraction of sp³-hybridized carbons (Fsp3) is 0.533. The number of para-hydroxylation sites is 1. The summed E-state index contributed by atoms with van der Waals surface area (Å²) < 4.78 is 31.8. The Kier molecular flexibility index (Phi) is 4.51. The van der Waals surface area contributed by atoms with Crippen LogP contribution in [0.3, 0.4) is 0 Å². The van der Waals surface area contributed by atoms with Crippen LogP contribution in [0.2, 0.25) is 0 Å². The Bertz CT molecular complexity index is 417. The van der Waals surface area contributed by atoms with Crippen molar-refractivity contribution in [2.75, 3.05) is 6.61 Å². The normalized spacial score (nSPS) is 21.9. The first kappa shape index (κ1) is 14.0. The maximum absolute atomic E-state index is 13.2. The molecular formula is C15H18F2O2. The van der Waals surface area contributed by atoms with E-state index in [0.29, 0.717) is 18.6 Å². The van der Waals surface area contributed by atoms with Gasteiger partial charge < -0.3 is 4.74 Å². The number of halogens is 2. The highest BCUT2D eigenvalue weighted by Crippen LogP contribution is 2.38. The van der Waals surface area contributed by atoms with E-state index in [1.54, 1.807) is 12.1 Å². The molecule has 0 aliphatic heterocycles. The van der Waals surface area contributed by atoms with E-state index in [9.17, 15) is 13.6 Å². The average Bonchev–Trinajstić information content (AvgIpc) is 2.36. The summed E-state index contributed by atoms with van der Waals surface area (Å²) in [5, 5.41) is 0. The van der Waals surface area contributed by atoms with Gasteiger partial charge in [-0.05, 0) is 30.9 Å². The van der Waals surface area contributed by atoms with Gasteiger partial charge in [0.25, 0.3) is 0 Å². The zero-order chi connectivity index (χ0) is 13.7. The molecule has 1 aromatic carbocycles. The SMILES string of the molecule is O=C(COc1ccccc1)CC1CCCC(F)(F)C1. The quantitative estimate of drug-likeness (QED) is 0.810. The van der Waals surface area contributed by atoms with Gasteiger partial charge in [0, 0.05) is 19.3 Å². The van der Waals surface area contributed by atoms with Crippen LogP contribution in [-0.4, -0.2) is 18.3 Å². The molecule has 0 aromatic heterocycles. The van der Waals surface area contributed by atoms with Crippen molar-refractivity contribution in [1.82, 2.24) is 0 Å². The number of rotatable bonds is 5. The van der Waals surface area contributed by atoms with Gasteiger partial charge in [-0.25, -0.2) is 8.78 Å². The van der Waals surface area contributed by atoms with Gasteiger partial charge in [-0.1, -0.05) is 18.2 Å². The fourth-order valence-electron chi connectivity index (χ4n) is 2.51. The van der Waals surface area contributed by atoms with Crippen LogP contribution in [0.25, 0.3) is 0 Å². The standard InChI is InChI=1S/C15H18F2O2/c16-15(17)8-4-5-12(10-15)9-13(18)11-19-14-6-2-1-3-7-14/h1-3,6-7,12H,4-5,8-11H2. The smallest absolute Gasteiger partial charge is 0.248 e. The molecule has 0 heterocycles. The second-order valence-corrected chi connectivity index (χ2v) is 5.16. The first-order chi connectivity index (χ1) is 9.05. The van der Waals surface area contributed by atoms with Gasteiger partial charge >= 0.3 is 0 Å². The summed E-state index contributed by atoms with van der Waals surface area (Å²) in [6.45, 7) is -0.0356. The summed E-state index contributed by atoms with van der Waals surface area (Å²) in [6.07, 6.45) is 1.21. The van der Waals surface area contributed by atoms with Gasteiger partial charge in [0.15, 0.2) is 5.78 Å². The zero-order valence-electron chi connectivity index (χ0n) is 10.8. The summed E-state index contributed by atoms with van der Waals surface area (Å²) in [7, 11) is 0. The third kappa shape index (κ3) is 4.62. The van der Waals surface area contributed by atoms with Crippen molar-refractivity contribution in [2.24, 2.45) is 5.92 Å². The molecule has 0 bridgehead atoms. The lowest BCUT2D eigenvalue weighted by Crippen LogP contribution is -2.28. The second kappa shape index (κ2) is 6.13. The molecule has 104 valence electrons. The monoisotopic (exact) mass is 268 g/mol. The lowest BCUT2D eigenvalue weighted by Gasteiger charge is -2.28. The Hall–Kier alpha value is -1.45. The van der Waals surface area contributed by atoms with E-state index in [1.165, 1.54) is 0 Å². The molecule has 1 atom stereocenters. The van der Waals surface area contributed by atoms with Crippen LogP contribution in [0.1, 0.15) is 32.1 Å². The molecular weight excluding hydrogens is 250 g/mol. The molecule has 0 radical (unpaired) electrons. The van der Waals surface area contributed by atoms with E-state index in [-0.39, 0.29) is 37.6 Å². The van der Waals surface area contributed by atoms with Crippen molar-refractivity contribution in [3.05, 3.63) is 30.3 Å². The number of Topliss-reactive ketones (excluding diaryl/α,β-unsaturated/α-hetero) is 1. The van der Waals surface area contributed by atoms with Gasteiger partial charge in [0.05, 0.1) is 0 Å². The van der Waals surface area contributed by atoms with Crippen molar-refractivity contribution in [3.8, 4) is 5.75 Å². The van der Waals surface area contributed by atoms with Crippen LogP contribution in [0.15, 0.2) is 30.3 Å². The van der Waals surface area contributed by atoms with Crippen molar-refractivity contribution in [1.29, 1.82) is 0 Å². The largest absolute Gasteiger partial charge is 0.486 e. The van der Waals surface area contributed by atoms with E-state index in [1.807, 2.05) is 18.2 Å². The predicted octanol–water partition coefficient (Wildman–Crippen LogP) is 3.85. The van der Waals surface area contributed by atoms with Gasteiger partial charge in [-0.15, -0.1) is 0 Å². The number of ether oxygens (including phenoxy) is 1. The van der Waals surface area contributed by atoms with Crippen molar-refractivity contribution in [3.63, 3.8) is 0 Å². The zero-order valence-corrected chi connectivity index (χ0v) is 10.8. The molecule has 0 saturated heterocycles. The minimum Gasteiger partial charge on any atom is -0.486 e. The lowest BCUT2D eigenvalue weighted by molar-refractivity contribution is -0.123. The van der Waals surface area contributed by atoms with Gasteiger partial charge in [0.1, 0.15) is 12.4 Å². The second-order valence-electron chi connectivity index (χ2n) is 5.16. The van der Waals surface area contributed by atoms with E-state index < -0.39 is 5.92 Å². The van der Waals surface area contributed by atoms with Crippen molar-refractivity contribution in [2.45, 2.75) is 38.0 Å². The molecule has 4 heteroatoms. The summed E-state index contributed by atoms with van der Waals surface area (Å²) in [5.41, 5.74) is 0. The Balaban J connectivity index is 1.75. The number of hydrogen-bond donors (Lipinski definition) is 0. The van der Waals surface area contributed by atoms with E-state index in [2.05, 4.69) is 0 Å². The molecule has 1 aromatic rings. The molecule has 0 amide bonds. The highest BCUT2D eigenvalue weighted by Gasteiger charge is 2.36. The topological polar surface area (TPSA) is 26.3 Å². The Morgan fingerprint density at radius 3 is 2.74 bits per heavy atom. The Morgan fingerprint density at radius 2 is 2.05 bits per heavy atom. The van der Waals surface area contributed by atoms with Gasteiger partial charge in [0.2, 0.25) is 5.92 Å². The summed E-state index contributed by atoms with van der Waals surface area (Å²) in [5.74, 6) is -2.27. The minimum atomic E-state index is -2.59. The maximum atomic E-state index is 13.2. The predicted molar refractivity (Wildman–Crippen MR) is 68.5 cm³/mol. The van der Waals surface area contributed by atoms with Gasteiger partial charge in [-0.2, -0.15) is 0 Å². The number of carbonyl (C=O) groups excluding carboxylic acids is 1. The molecule has 1 saturated carbocycles. The Morgan fingerprint density at radius 1 is 1.32 bits per heavy atom. The lowest BCUT2D eigenvalue weighted by atomic mass is 9.83. The molecule has 1 aliphatic carbocycles. The van der Waals surface area contributed by atoms with E-state index in [0.717, 1.165) is 0 Å². The highest BCUT2D eigenvalue weighted by atomic mass is 19.3. The molecule has 1 unspecified atom stereocenters. The van der Waals surface area contributed by atoms with Crippen LogP contribution in [-0.2, 0) is 4.79 Å². The molecule has 1 aliphatic rings. The third-order valence-corrected chi connectivity index (χ3v) is 3.40. The summed E-state index contributed by atoms with van der Waals surface area (Å²) in [4.78, 5) is 11.7.